The molecule has 256 valence electrons. The molecule has 0 radical (unpaired) electrons. The number of hydrogen-bond acceptors (Lipinski definition) is 7. The lowest BCUT2D eigenvalue weighted by Gasteiger charge is -2.33. The first-order chi connectivity index (χ1) is 21.6. The highest BCUT2D eigenvalue weighted by Crippen LogP contribution is 2.52. The molecule has 3 aromatic carbocycles. The maximum atomic E-state index is 12.8. The Morgan fingerprint density at radius 3 is 1.15 bits per heavy atom. The van der Waals surface area contributed by atoms with E-state index in [2.05, 4.69) is 83.1 Å². The molecule has 0 saturated carbocycles. The number of carbonyl (C=O) groups is 2. The van der Waals surface area contributed by atoms with E-state index in [1.54, 1.807) is 0 Å². The Labute approximate surface area is 283 Å². The van der Waals surface area contributed by atoms with Gasteiger partial charge in [0.05, 0.1) is 32.0 Å². The van der Waals surface area contributed by atoms with Crippen molar-refractivity contribution in [2.24, 2.45) is 0 Å². The maximum absolute atomic E-state index is 12.8. The van der Waals surface area contributed by atoms with E-state index in [0.29, 0.717) is 22.6 Å². The van der Waals surface area contributed by atoms with Crippen molar-refractivity contribution in [2.75, 3.05) is 14.2 Å². The number of rotatable bonds is 9. The van der Waals surface area contributed by atoms with Gasteiger partial charge in [-0.15, -0.1) is 0 Å². The van der Waals surface area contributed by atoms with Crippen LogP contribution in [0.5, 0.6) is 11.5 Å². The normalized spacial score (nSPS) is 12.6. The zero-order valence-corrected chi connectivity index (χ0v) is 31.6. The number of carbonyl (C=O) groups excluding carboxylic acids is 2. The third kappa shape index (κ3) is 9.58. The smallest absolute Gasteiger partial charge is 0.463 e. The van der Waals surface area contributed by atoms with Gasteiger partial charge >= 0.3 is 20.5 Å². The van der Waals surface area contributed by atoms with Gasteiger partial charge in [-0.25, -0.2) is 9.59 Å². The molecular formula is C39H53O7P. The van der Waals surface area contributed by atoms with Crippen LogP contribution in [0.2, 0.25) is 0 Å². The van der Waals surface area contributed by atoms with Crippen LogP contribution >= 0.6 is 8.60 Å². The molecule has 3 rings (SSSR count). The Hall–Kier alpha value is -3.41. The molecule has 47 heavy (non-hydrogen) atoms. The Morgan fingerprint density at radius 1 is 0.553 bits per heavy atom. The summed E-state index contributed by atoms with van der Waals surface area (Å²) in [7, 11) is 0.690. The fourth-order valence-electron chi connectivity index (χ4n) is 5.08. The lowest BCUT2D eigenvalue weighted by atomic mass is 9.78. The fourth-order valence-corrected chi connectivity index (χ4v) is 6.16. The van der Waals surface area contributed by atoms with Gasteiger partial charge in [0.1, 0.15) is 11.5 Å². The molecule has 0 unspecified atom stereocenters. The molecule has 0 aromatic heterocycles. The van der Waals surface area contributed by atoms with Crippen LogP contribution in [0.15, 0.2) is 54.6 Å². The summed E-state index contributed by atoms with van der Waals surface area (Å²) in [5.74, 6) is 0.388. The van der Waals surface area contributed by atoms with Crippen molar-refractivity contribution in [3.05, 3.63) is 93.5 Å². The van der Waals surface area contributed by atoms with Crippen LogP contribution in [0.1, 0.15) is 132 Å². The molecule has 0 aliphatic rings. The molecule has 0 saturated heterocycles. The summed E-state index contributed by atoms with van der Waals surface area (Å²) in [4.78, 5) is 25.6. The predicted octanol–water partition coefficient (Wildman–Crippen LogP) is 10.4. The Morgan fingerprint density at radius 2 is 0.872 bits per heavy atom. The second-order valence-electron chi connectivity index (χ2n) is 15.9. The first kappa shape index (κ1) is 38.0. The minimum atomic E-state index is -2.08. The Balaban J connectivity index is 2.33. The van der Waals surface area contributed by atoms with Crippen LogP contribution in [0.3, 0.4) is 0 Å². The topological polar surface area (TPSA) is 80.3 Å². The molecule has 0 spiro atoms. The van der Waals surface area contributed by atoms with Crippen LogP contribution < -0.4 is 9.05 Å². The highest BCUT2D eigenvalue weighted by Gasteiger charge is 2.36. The molecule has 0 N–H and O–H groups in total. The van der Waals surface area contributed by atoms with Gasteiger partial charge < -0.3 is 18.5 Å². The summed E-state index contributed by atoms with van der Waals surface area (Å²) in [6.45, 7) is 25.2. The van der Waals surface area contributed by atoms with Gasteiger partial charge in [0.25, 0.3) is 0 Å². The van der Waals surface area contributed by atoms with E-state index in [-0.39, 0.29) is 6.61 Å². The van der Waals surface area contributed by atoms with E-state index in [4.69, 9.17) is 23.0 Å². The first-order valence-electron chi connectivity index (χ1n) is 16.0. The van der Waals surface area contributed by atoms with E-state index in [1.165, 1.54) is 14.2 Å². The van der Waals surface area contributed by atoms with Gasteiger partial charge in [-0.3, -0.25) is 4.52 Å². The monoisotopic (exact) mass is 664 g/mol. The van der Waals surface area contributed by atoms with Crippen LogP contribution in [-0.4, -0.2) is 26.2 Å². The average Bonchev–Trinajstić information content (AvgIpc) is 2.97. The molecule has 7 nitrogen and oxygen atoms in total. The molecule has 0 aliphatic carbocycles. The van der Waals surface area contributed by atoms with Crippen molar-refractivity contribution in [3.63, 3.8) is 0 Å². The number of ether oxygens (including phenoxy) is 2. The zero-order valence-electron chi connectivity index (χ0n) is 30.7. The minimum Gasteiger partial charge on any atom is -0.465 e. The van der Waals surface area contributed by atoms with E-state index >= 15 is 0 Å². The van der Waals surface area contributed by atoms with Crippen molar-refractivity contribution in [2.45, 2.75) is 111 Å². The van der Waals surface area contributed by atoms with E-state index in [9.17, 15) is 9.59 Å². The molecule has 0 amide bonds. The van der Waals surface area contributed by atoms with E-state index < -0.39 is 42.2 Å². The molecule has 0 heterocycles. The average molecular weight is 665 g/mol. The van der Waals surface area contributed by atoms with Crippen molar-refractivity contribution < 1.29 is 32.6 Å². The van der Waals surface area contributed by atoms with Gasteiger partial charge in [-0.1, -0.05) is 113 Å². The van der Waals surface area contributed by atoms with Crippen LogP contribution in [-0.2, 0) is 42.3 Å². The third-order valence-corrected chi connectivity index (χ3v) is 8.77. The molecule has 0 atom stereocenters. The van der Waals surface area contributed by atoms with Crippen molar-refractivity contribution in [1.29, 1.82) is 0 Å². The SMILES string of the molecule is COC(=O)c1cc(C(C)(C)C)c(OP(OCc2ccccc2)Oc2c(C(C)(C)C)cc(C(=O)OC)cc2C(C)(C)C)c(C(C)(C)C)c1. The molecule has 0 bridgehead atoms. The number of benzene rings is 3. The summed E-state index contributed by atoms with van der Waals surface area (Å²) < 4.78 is 30.7. The lowest BCUT2D eigenvalue weighted by molar-refractivity contribution is 0.0591. The molecule has 0 fully saturated rings. The van der Waals surface area contributed by atoms with Gasteiger partial charge in [-0.2, -0.15) is 0 Å². The molecule has 3 aromatic rings. The summed E-state index contributed by atoms with van der Waals surface area (Å²) in [5.41, 5.74) is 3.57. The molecule has 8 heteroatoms. The molecule has 0 aliphatic heterocycles. The number of methoxy groups -OCH3 is 2. The largest absolute Gasteiger partial charge is 0.465 e. The second kappa shape index (κ2) is 14.4. The second-order valence-corrected chi connectivity index (χ2v) is 17.0. The van der Waals surface area contributed by atoms with Gasteiger partial charge in [-0.05, 0) is 51.5 Å². The summed E-state index contributed by atoms with van der Waals surface area (Å²) in [6.07, 6.45) is 0. The van der Waals surface area contributed by atoms with Crippen LogP contribution in [0.4, 0.5) is 0 Å². The van der Waals surface area contributed by atoms with E-state index in [1.807, 2.05) is 54.6 Å². The number of esters is 2. The number of hydrogen-bond donors (Lipinski definition) is 0. The van der Waals surface area contributed by atoms with Gasteiger partial charge in [0.2, 0.25) is 0 Å². The van der Waals surface area contributed by atoms with Gasteiger partial charge in [0, 0.05) is 22.3 Å². The maximum Gasteiger partial charge on any atom is 0.463 e. The standard InChI is InChI=1S/C39H53O7P/c1-36(2,3)28-20-26(34(40)42-13)21-29(37(4,5)6)32(28)45-47(44-24-25-18-16-15-17-19-25)46-33-30(38(7,8)9)22-27(35(41)43-14)23-31(33)39(10,11)12/h15-23H,24H2,1-14H3. The van der Waals surface area contributed by atoms with E-state index in [0.717, 1.165) is 27.8 Å². The Kier molecular flexibility index (Phi) is 11.6. The van der Waals surface area contributed by atoms with Gasteiger partial charge in [0.15, 0.2) is 0 Å². The third-order valence-electron chi connectivity index (χ3n) is 7.76. The predicted molar refractivity (Wildman–Crippen MR) is 190 cm³/mol. The lowest BCUT2D eigenvalue weighted by Crippen LogP contribution is -2.23. The quantitative estimate of drug-likeness (QED) is 0.166. The summed E-state index contributed by atoms with van der Waals surface area (Å²) in [5, 5.41) is 0. The Bertz CT molecular complexity index is 1400. The van der Waals surface area contributed by atoms with Crippen LogP contribution in [0.25, 0.3) is 0 Å². The summed E-state index contributed by atoms with van der Waals surface area (Å²) in [6, 6.07) is 17.2. The van der Waals surface area contributed by atoms with Crippen LogP contribution in [0, 0.1) is 0 Å². The summed E-state index contributed by atoms with van der Waals surface area (Å²) >= 11 is 0. The minimum absolute atomic E-state index is 0.248. The van der Waals surface area contributed by atoms with Crippen molar-refractivity contribution in [3.8, 4) is 11.5 Å². The highest BCUT2D eigenvalue weighted by atomic mass is 31.2. The zero-order chi connectivity index (χ0) is 35.5. The van der Waals surface area contributed by atoms with Crippen molar-refractivity contribution in [1.82, 2.24) is 0 Å². The highest BCUT2D eigenvalue weighted by molar-refractivity contribution is 7.42. The fraction of sp³-hybridized carbons (Fsp3) is 0.487. The first-order valence-corrected chi connectivity index (χ1v) is 17.0. The molecular weight excluding hydrogens is 611 g/mol. The van der Waals surface area contributed by atoms with Crippen molar-refractivity contribution >= 4 is 20.5 Å².